The van der Waals surface area contributed by atoms with E-state index in [4.69, 9.17) is 10.5 Å². The number of aromatic nitrogens is 1. The molecule has 1 aromatic carbocycles. The summed E-state index contributed by atoms with van der Waals surface area (Å²) in [6.45, 7) is 1.93. The number of aryl methyl sites for hydroxylation is 1. The molecule has 3 N–H and O–H groups in total. The predicted molar refractivity (Wildman–Crippen MR) is 74.3 cm³/mol. The normalized spacial score (nSPS) is 10.0. The number of benzene rings is 1. The molecule has 98 valence electrons. The number of carbonyl (C=O) groups is 1. The minimum Gasteiger partial charge on any atom is -0.495 e. The molecular formula is C14H15N3O2. The van der Waals surface area contributed by atoms with Crippen molar-refractivity contribution in [2.75, 3.05) is 18.2 Å². The summed E-state index contributed by atoms with van der Waals surface area (Å²) in [5.74, 6) is 0.648. The number of rotatable bonds is 3. The molecule has 0 radical (unpaired) electrons. The van der Waals surface area contributed by atoms with E-state index in [-0.39, 0.29) is 5.91 Å². The van der Waals surface area contributed by atoms with Crippen LogP contribution in [-0.2, 0) is 0 Å². The topological polar surface area (TPSA) is 77.2 Å². The number of para-hydroxylation sites is 1. The van der Waals surface area contributed by atoms with Crippen LogP contribution in [0.2, 0.25) is 0 Å². The van der Waals surface area contributed by atoms with Gasteiger partial charge in [0.2, 0.25) is 0 Å². The molecule has 5 heteroatoms. The van der Waals surface area contributed by atoms with E-state index in [9.17, 15) is 4.79 Å². The van der Waals surface area contributed by atoms with Crippen molar-refractivity contribution in [1.29, 1.82) is 0 Å². The molecule has 0 aliphatic carbocycles. The van der Waals surface area contributed by atoms with Crippen LogP contribution in [-0.4, -0.2) is 18.0 Å². The average Bonchev–Trinajstić information content (AvgIpc) is 2.41. The van der Waals surface area contributed by atoms with E-state index in [2.05, 4.69) is 10.3 Å². The van der Waals surface area contributed by atoms with Crippen LogP contribution in [0.3, 0.4) is 0 Å². The van der Waals surface area contributed by atoms with Crippen molar-refractivity contribution >= 4 is 17.4 Å². The van der Waals surface area contributed by atoms with Crippen molar-refractivity contribution in [3.05, 3.63) is 47.7 Å². The lowest BCUT2D eigenvalue weighted by atomic mass is 10.1. The fourth-order valence-corrected chi connectivity index (χ4v) is 1.65. The number of methoxy groups -OCH3 is 1. The molecule has 2 aromatic rings. The number of nitrogens with two attached hydrogens (primary N) is 1. The molecule has 0 atom stereocenters. The van der Waals surface area contributed by atoms with Gasteiger partial charge in [0, 0.05) is 6.20 Å². The Balaban J connectivity index is 2.23. The number of nitrogens with zero attached hydrogens (tertiary/aromatic N) is 1. The van der Waals surface area contributed by atoms with Crippen LogP contribution >= 0.6 is 0 Å². The van der Waals surface area contributed by atoms with Gasteiger partial charge in [0.05, 0.1) is 18.4 Å². The highest BCUT2D eigenvalue weighted by molar-refractivity contribution is 6.08. The number of nitrogens with one attached hydrogen (secondary N) is 1. The second kappa shape index (κ2) is 5.39. The molecule has 0 aliphatic heterocycles. The zero-order valence-electron chi connectivity index (χ0n) is 10.8. The van der Waals surface area contributed by atoms with Crippen LogP contribution in [0.1, 0.15) is 15.9 Å². The summed E-state index contributed by atoms with van der Waals surface area (Å²) in [4.78, 5) is 16.2. The van der Waals surface area contributed by atoms with Gasteiger partial charge >= 0.3 is 0 Å². The van der Waals surface area contributed by atoms with Crippen molar-refractivity contribution < 1.29 is 9.53 Å². The van der Waals surface area contributed by atoms with Gasteiger partial charge in [0.25, 0.3) is 5.91 Å². The van der Waals surface area contributed by atoms with Crippen LogP contribution in [0.5, 0.6) is 5.75 Å². The second-order valence-corrected chi connectivity index (χ2v) is 4.10. The molecular weight excluding hydrogens is 242 g/mol. The number of ether oxygens (including phenoxy) is 1. The van der Waals surface area contributed by atoms with Crippen LogP contribution in [0, 0.1) is 6.92 Å². The van der Waals surface area contributed by atoms with E-state index < -0.39 is 0 Å². The number of nitrogen functional groups attached to an aromatic ring is 1. The number of carbonyl (C=O) groups excluding carboxylic acids is 1. The molecule has 1 aromatic heterocycles. The highest BCUT2D eigenvalue weighted by Gasteiger charge is 2.13. The molecule has 0 unspecified atom stereocenters. The Morgan fingerprint density at radius 2 is 2.11 bits per heavy atom. The Kier molecular flexibility index (Phi) is 3.66. The summed E-state index contributed by atoms with van der Waals surface area (Å²) in [5, 5.41) is 2.69. The third-order valence-corrected chi connectivity index (χ3v) is 2.68. The second-order valence-electron chi connectivity index (χ2n) is 4.10. The maximum Gasteiger partial charge on any atom is 0.259 e. The first-order chi connectivity index (χ1) is 9.11. The molecule has 2 rings (SSSR count). The lowest BCUT2D eigenvalue weighted by Crippen LogP contribution is -2.15. The van der Waals surface area contributed by atoms with E-state index in [1.807, 2.05) is 13.0 Å². The van der Waals surface area contributed by atoms with Crippen LogP contribution in [0.4, 0.5) is 11.5 Å². The number of hydrogen-bond acceptors (Lipinski definition) is 4. The summed E-state index contributed by atoms with van der Waals surface area (Å²) in [6.07, 6.45) is 1.69. The van der Waals surface area contributed by atoms with Gasteiger partial charge in [-0.05, 0) is 30.7 Å². The molecule has 0 saturated carbocycles. The van der Waals surface area contributed by atoms with Crippen molar-refractivity contribution in [2.24, 2.45) is 0 Å². The lowest BCUT2D eigenvalue weighted by molar-refractivity contribution is 0.102. The Morgan fingerprint density at radius 3 is 2.74 bits per heavy atom. The van der Waals surface area contributed by atoms with E-state index in [0.717, 1.165) is 5.56 Å². The van der Waals surface area contributed by atoms with Gasteiger partial charge in [-0.3, -0.25) is 4.79 Å². The average molecular weight is 257 g/mol. The molecule has 19 heavy (non-hydrogen) atoms. The SMILES string of the molecule is COc1cccc(C(=O)Nc2ccc(C)cn2)c1N. The van der Waals surface area contributed by atoms with Crippen LogP contribution < -0.4 is 15.8 Å². The number of amides is 1. The highest BCUT2D eigenvalue weighted by Crippen LogP contribution is 2.25. The van der Waals surface area contributed by atoms with Crippen molar-refractivity contribution in [1.82, 2.24) is 4.98 Å². The third-order valence-electron chi connectivity index (χ3n) is 2.68. The first-order valence-corrected chi connectivity index (χ1v) is 5.78. The minimum absolute atomic E-state index is 0.312. The smallest absolute Gasteiger partial charge is 0.259 e. The van der Waals surface area contributed by atoms with Gasteiger partial charge in [0.15, 0.2) is 0 Å². The van der Waals surface area contributed by atoms with Gasteiger partial charge in [-0.1, -0.05) is 12.1 Å². The molecule has 1 heterocycles. The molecule has 0 spiro atoms. The molecule has 0 fully saturated rings. The first kappa shape index (κ1) is 12.9. The Morgan fingerprint density at radius 1 is 1.32 bits per heavy atom. The zero-order valence-corrected chi connectivity index (χ0v) is 10.8. The number of anilines is 2. The summed E-state index contributed by atoms with van der Waals surface area (Å²) in [7, 11) is 1.51. The van der Waals surface area contributed by atoms with E-state index in [1.165, 1.54) is 7.11 Å². The number of pyridine rings is 1. The monoisotopic (exact) mass is 257 g/mol. The summed E-state index contributed by atoms with van der Waals surface area (Å²) < 4.78 is 5.08. The van der Waals surface area contributed by atoms with Crippen molar-refractivity contribution in [2.45, 2.75) is 6.92 Å². The van der Waals surface area contributed by atoms with Gasteiger partial charge in [0.1, 0.15) is 11.6 Å². The van der Waals surface area contributed by atoms with Gasteiger partial charge in [-0.15, -0.1) is 0 Å². The fraction of sp³-hybridized carbons (Fsp3) is 0.143. The zero-order chi connectivity index (χ0) is 13.8. The maximum atomic E-state index is 12.1. The Hall–Kier alpha value is -2.56. The third kappa shape index (κ3) is 2.82. The molecule has 5 nitrogen and oxygen atoms in total. The molecule has 0 aliphatic rings. The van der Waals surface area contributed by atoms with Gasteiger partial charge in [-0.2, -0.15) is 0 Å². The minimum atomic E-state index is -0.312. The standard InChI is InChI=1S/C14H15N3O2/c1-9-6-7-12(16-8-9)17-14(18)10-4-3-5-11(19-2)13(10)15/h3-8H,15H2,1-2H3,(H,16,17,18). The van der Waals surface area contributed by atoms with Crippen molar-refractivity contribution in [3.8, 4) is 5.75 Å². The van der Waals surface area contributed by atoms with Crippen LogP contribution in [0.15, 0.2) is 36.5 Å². The highest BCUT2D eigenvalue weighted by atomic mass is 16.5. The first-order valence-electron chi connectivity index (χ1n) is 5.78. The maximum absolute atomic E-state index is 12.1. The van der Waals surface area contributed by atoms with Gasteiger partial charge in [-0.25, -0.2) is 4.98 Å². The molecule has 0 bridgehead atoms. The molecule has 0 saturated heterocycles. The summed E-state index contributed by atoms with van der Waals surface area (Å²) >= 11 is 0. The van der Waals surface area contributed by atoms with E-state index in [0.29, 0.717) is 22.8 Å². The lowest BCUT2D eigenvalue weighted by Gasteiger charge is -2.10. The Labute approximate surface area is 111 Å². The Bertz CT molecular complexity index is 594. The quantitative estimate of drug-likeness (QED) is 0.827. The number of hydrogen-bond donors (Lipinski definition) is 2. The summed E-state index contributed by atoms with van der Waals surface area (Å²) in [6, 6.07) is 8.67. The largest absolute Gasteiger partial charge is 0.495 e. The van der Waals surface area contributed by atoms with Crippen LogP contribution in [0.25, 0.3) is 0 Å². The molecule has 1 amide bonds. The van der Waals surface area contributed by atoms with E-state index >= 15 is 0 Å². The van der Waals surface area contributed by atoms with Gasteiger partial charge < -0.3 is 15.8 Å². The fourth-order valence-electron chi connectivity index (χ4n) is 1.65. The van der Waals surface area contributed by atoms with Crippen molar-refractivity contribution in [3.63, 3.8) is 0 Å². The summed E-state index contributed by atoms with van der Waals surface area (Å²) in [5.41, 5.74) is 7.57. The predicted octanol–water partition coefficient (Wildman–Crippen LogP) is 2.23. The van der Waals surface area contributed by atoms with E-state index in [1.54, 1.807) is 30.5 Å².